The lowest BCUT2D eigenvalue weighted by Crippen LogP contribution is -2.11. The first-order valence-corrected chi connectivity index (χ1v) is 4.33. The van der Waals surface area contributed by atoms with Crippen LogP contribution in [-0.2, 0) is 0 Å². The maximum atomic E-state index is 11.1. The lowest BCUT2D eigenvalue weighted by Gasteiger charge is -2.02. The van der Waals surface area contributed by atoms with Gasteiger partial charge in [0.1, 0.15) is 0 Å². The van der Waals surface area contributed by atoms with Crippen molar-refractivity contribution in [2.75, 3.05) is 0 Å². The molecule has 2 aromatic rings. The van der Waals surface area contributed by atoms with E-state index < -0.39 is 5.91 Å². The number of pyridine rings is 1. The summed E-state index contributed by atoms with van der Waals surface area (Å²) in [6.07, 6.45) is 1.60. The highest BCUT2D eigenvalue weighted by molar-refractivity contribution is 6.05. The summed E-state index contributed by atoms with van der Waals surface area (Å²) < 4.78 is 0. The van der Waals surface area contributed by atoms with E-state index >= 15 is 0 Å². The zero-order chi connectivity index (χ0) is 10.1. The van der Waals surface area contributed by atoms with Crippen LogP contribution in [-0.4, -0.2) is 10.9 Å². The van der Waals surface area contributed by atoms with E-state index in [9.17, 15) is 4.79 Å². The molecule has 3 heteroatoms. The molecule has 0 fully saturated rings. The largest absolute Gasteiger partial charge is 0.366 e. The second-order valence-electron chi connectivity index (χ2n) is 3.24. The third kappa shape index (κ3) is 1.33. The van der Waals surface area contributed by atoms with Gasteiger partial charge in [0, 0.05) is 11.6 Å². The molecule has 0 radical (unpaired) electrons. The molecule has 1 aromatic carbocycles. The molecule has 70 valence electrons. The molecule has 0 atom stereocenters. The number of hydrogen-bond acceptors (Lipinski definition) is 2. The highest BCUT2D eigenvalue weighted by Gasteiger charge is 2.05. The van der Waals surface area contributed by atoms with Crippen LogP contribution in [0.1, 0.15) is 15.9 Å². The minimum absolute atomic E-state index is 0.416. The number of nitrogens with two attached hydrogens (primary N) is 1. The molecule has 0 saturated carbocycles. The van der Waals surface area contributed by atoms with E-state index in [0.29, 0.717) is 5.56 Å². The number of aryl methyl sites for hydroxylation is 1. The molecule has 0 spiro atoms. The van der Waals surface area contributed by atoms with Crippen molar-refractivity contribution in [1.82, 2.24) is 4.98 Å². The van der Waals surface area contributed by atoms with Gasteiger partial charge in [0.15, 0.2) is 0 Å². The van der Waals surface area contributed by atoms with Crippen LogP contribution < -0.4 is 5.73 Å². The minimum Gasteiger partial charge on any atom is -0.366 e. The Balaban J connectivity index is 2.81. The van der Waals surface area contributed by atoms with Gasteiger partial charge in [0.2, 0.25) is 5.91 Å². The molecule has 14 heavy (non-hydrogen) atoms. The molecule has 2 rings (SSSR count). The van der Waals surface area contributed by atoms with Crippen molar-refractivity contribution in [3.8, 4) is 0 Å². The third-order valence-electron chi connectivity index (χ3n) is 2.16. The number of fused-ring (bicyclic) bond motifs is 1. The van der Waals surface area contributed by atoms with Crippen molar-refractivity contribution >= 4 is 16.8 Å². The number of aromatic nitrogens is 1. The van der Waals surface area contributed by atoms with E-state index in [1.807, 2.05) is 25.1 Å². The highest BCUT2D eigenvalue weighted by Crippen LogP contribution is 2.17. The number of rotatable bonds is 1. The molecule has 1 heterocycles. The van der Waals surface area contributed by atoms with Crippen LogP contribution in [0.15, 0.2) is 30.5 Å². The second kappa shape index (κ2) is 3.10. The van der Waals surface area contributed by atoms with Crippen LogP contribution in [0.3, 0.4) is 0 Å². The van der Waals surface area contributed by atoms with Gasteiger partial charge in [-0.2, -0.15) is 0 Å². The maximum Gasteiger partial charge on any atom is 0.249 e. The minimum atomic E-state index is -0.416. The van der Waals surface area contributed by atoms with Crippen LogP contribution in [0.4, 0.5) is 0 Å². The van der Waals surface area contributed by atoms with Crippen molar-refractivity contribution < 1.29 is 4.79 Å². The van der Waals surface area contributed by atoms with Crippen LogP contribution in [0.2, 0.25) is 0 Å². The first-order chi connectivity index (χ1) is 6.68. The molecular formula is C11H10N2O. The number of carbonyl (C=O) groups excluding carboxylic acids is 1. The van der Waals surface area contributed by atoms with E-state index in [1.54, 1.807) is 12.3 Å². The van der Waals surface area contributed by atoms with E-state index in [1.165, 1.54) is 0 Å². The highest BCUT2D eigenvalue weighted by atomic mass is 16.1. The predicted octanol–water partition coefficient (Wildman–Crippen LogP) is 1.64. The molecule has 0 unspecified atom stereocenters. The summed E-state index contributed by atoms with van der Waals surface area (Å²) >= 11 is 0. The first kappa shape index (κ1) is 8.69. The fraction of sp³-hybridized carbons (Fsp3) is 0.0909. The quantitative estimate of drug-likeness (QED) is 0.736. The molecule has 0 bridgehead atoms. The SMILES string of the molecule is Cc1ccc2c(C(N)=O)ccnc2c1. The Morgan fingerprint density at radius 3 is 2.86 bits per heavy atom. The number of hydrogen-bond donors (Lipinski definition) is 1. The van der Waals surface area contributed by atoms with Crippen molar-refractivity contribution in [3.05, 3.63) is 41.6 Å². The fourth-order valence-corrected chi connectivity index (χ4v) is 1.47. The number of carbonyl (C=O) groups is 1. The first-order valence-electron chi connectivity index (χ1n) is 4.33. The Kier molecular flexibility index (Phi) is 1.93. The molecular weight excluding hydrogens is 176 g/mol. The fourth-order valence-electron chi connectivity index (χ4n) is 1.47. The summed E-state index contributed by atoms with van der Waals surface area (Å²) in [5, 5.41) is 0.811. The average molecular weight is 186 g/mol. The van der Waals surface area contributed by atoms with E-state index in [2.05, 4.69) is 4.98 Å². The number of benzene rings is 1. The topological polar surface area (TPSA) is 56.0 Å². The third-order valence-corrected chi connectivity index (χ3v) is 2.16. The Morgan fingerprint density at radius 1 is 1.36 bits per heavy atom. The van der Waals surface area contributed by atoms with Gasteiger partial charge in [0.25, 0.3) is 0 Å². The Labute approximate surface area is 81.6 Å². The summed E-state index contributed by atoms with van der Waals surface area (Å²) in [5.74, 6) is -0.416. The van der Waals surface area contributed by atoms with Crippen LogP contribution in [0.5, 0.6) is 0 Å². The summed E-state index contributed by atoms with van der Waals surface area (Å²) in [7, 11) is 0. The van der Waals surface area contributed by atoms with Gasteiger partial charge in [-0.1, -0.05) is 12.1 Å². The van der Waals surface area contributed by atoms with Crippen LogP contribution in [0, 0.1) is 6.92 Å². The summed E-state index contributed by atoms with van der Waals surface area (Å²) in [4.78, 5) is 15.3. The molecule has 1 amide bonds. The van der Waals surface area contributed by atoms with Gasteiger partial charge >= 0.3 is 0 Å². The van der Waals surface area contributed by atoms with Crippen LogP contribution >= 0.6 is 0 Å². The molecule has 0 aliphatic rings. The standard InChI is InChI=1S/C11H10N2O/c1-7-2-3-8-9(11(12)14)4-5-13-10(8)6-7/h2-6H,1H3,(H2,12,14). The van der Waals surface area contributed by atoms with E-state index in [0.717, 1.165) is 16.5 Å². The van der Waals surface area contributed by atoms with Crippen molar-refractivity contribution in [3.63, 3.8) is 0 Å². The molecule has 0 aliphatic carbocycles. The number of amides is 1. The van der Waals surface area contributed by atoms with Crippen LogP contribution in [0.25, 0.3) is 10.9 Å². The van der Waals surface area contributed by atoms with Gasteiger partial charge < -0.3 is 5.73 Å². The van der Waals surface area contributed by atoms with Gasteiger partial charge in [0.05, 0.1) is 11.1 Å². The summed E-state index contributed by atoms with van der Waals surface area (Å²) in [5.41, 5.74) is 7.70. The van der Waals surface area contributed by atoms with E-state index in [-0.39, 0.29) is 0 Å². The Morgan fingerprint density at radius 2 is 2.14 bits per heavy atom. The zero-order valence-electron chi connectivity index (χ0n) is 7.82. The Hall–Kier alpha value is -1.90. The molecule has 1 aromatic heterocycles. The monoisotopic (exact) mass is 186 g/mol. The number of nitrogens with zero attached hydrogens (tertiary/aromatic N) is 1. The molecule has 3 nitrogen and oxygen atoms in total. The lowest BCUT2D eigenvalue weighted by molar-refractivity contribution is 0.100. The zero-order valence-corrected chi connectivity index (χ0v) is 7.82. The van der Waals surface area contributed by atoms with Crippen molar-refractivity contribution in [2.24, 2.45) is 5.73 Å². The van der Waals surface area contributed by atoms with E-state index in [4.69, 9.17) is 5.73 Å². The lowest BCUT2D eigenvalue weighted by atomic mass is 10.1. The number of primary amides is 1. The van der Waals surface area contributed by atoms with Gasteiger partial charge in [-0.3, -0.25) is 9.78 Å². The van der Waals surface area contributed by atoms with Crippen molar-refractivity contribution in [1.29, 1.82) is 0 Å². The summed E-state index contributed by atoms with van der Waals surface area (Å²) in [6.45, 7) is 1.98. The molecule has 0 aliphatic heterocycles. The molecule has 2 N–H and O–H groups in total. The maximum absolute atomic E-state index is 11.1. The summed E-state index contributed by atoms with van der Waals surface area (Å²) in [6, 6.07) is 7.38. The smallest absolute Gasteiger partial charge is 0.249 e. The average Bonchev–Trinajstić information content (AvgIpc) is 2.16. The van der Waals surface area contributed by atoms with Gasteiger partial charge in [-0.05, 0) is 24.6 Å². The molecule has 0 saturated heterocycles. The van der Waals surface area contributed by atoms with Gasteiger partial charge in [-0.15, -0.1) is 0 Å². The Bertz CT molecular complexity index is 506. The second-order valence-corrected chi connectivity index (χ2v) is 3.24. The normalized spacial score (nSPS) is 10.4. The van der Waals surface area contributed by atoms with Crippen molar-refractivity contribution in [2.45, 2.75) is 6.92 Å². The predicted molar refractivity (Wildman–Crippen MR) is 55.0 cm³/mol. The van der Waals surface area contributed by atoms with Gasteiger partial charge in [-0.25, -0.2) is 0 Å².